The van der Waals surface area contributed by atoms with E-state index in [-0.39, 0.29) is 0 Å². The number of benzene rings is 2. The molecule has 2 aromatic carbocycles. The molecule has 3 aromatic rings. The van der Waals surface area contributed by atoms with E-state index in [9.17, 15) is 0 Å². The van der Waals surface area contributed by atoms with Crippen LogP contribution in [0.2, 0.25) is 0 Å². The molecule has 110 valence electrons. The molecular weight excluding hydrogens is 268 g/mol. The number of hydrogen-bond donors (Lipinski definition) is 1. The highest BCUT2D eigenvalue weighted by atomic mass is 15.0. The smallest absolute Gasteiger partial charge is 0.134 e. The molecule has 0 fully saturated rings. The average molecular weight is 288 g/mol. The highest BCUT2D eigenvalue weighted by Crippen LogP contribution is 2.40. The Morgan fingerprint density at radius 3 is 2.64 bits per heavy atom. The Morgan fingerprint density at radius 1 is 1.00 bits per heavy atom. The number of anilines is 1. The largest absolute Gasteiger partial charge is 0.370 e. The number of hydrogen-bond acceptors (Lipinski definition) is 2. The minimum Gasteiger partial charge on any atom is -0.370 e. The van der Waals surface area contributed by atoms with Crippen molar-refractivity contribution in [1.82, 2.24) is 4.98 Å². The Balaban J connectivity index is 1.89. The molecule has 1 aromatic heterocycles. The summed E-state index contributed by atoms with van der Waals surface area (Å²) in [6.07, 6.45) is 3.36. The number of pyridine rings is 1. The average Bonchev–Trinajstić information content (AvgIpc) is 2.94. The number of fused-ring (bicyclic) bond motifs is 5. The molecule has 0 spiro atoms. The third-order valence-corrected chi connectivity index (χ3v) is 4.48. The number of nitrogens with one attached hydrogen (secondary N) is 1. The third kappa shape index (κ3) is 2.07. The minimum atomic E-state index is 0.980. The summed E-state index contributed by atoms with van der Waals surface area (Å²) in [6, 6.07) is 17.3. The van der Waals surface area contributed by atoms with Crippen molar-refractivity contribution in [3.05, 3.63) is 59.7 Å². The SMILES string of the molecule is CCCCNc1nc2c(c3ccccc13)Cc1ccccc1-2. The maximum Gasteiger partial charge on any atom is 0.134 e. The van der Waals surface area contributed by atoms with E-state index in [4.69, 9.17) is 4.98 Å². The molecule has 0 amide bonds. The van der Waals surface area contributed by atoms with Crippen LogP contribution in [-0.2, 0) is 6.42 Å². The van der Waals surface area contributed by atoms with Gasteiger partial charge < -0.3 is 5.32 Å². The fraction of sp³-hybridized carbons (Fsp3) is 0.250. The van der Waals surface area contributed by atoms with E-state index in [2.05, 4.69) is 60.8 Å². The molecule has 2 nitrogen and oxygen atoms in total. The first-order valence-electron chi connectivity index (χ1n) is 8.12. The molecule has 22 heavy (non-hydrogen) atoms. The van der Waals surface area contributed by atoms with Gasteiger partial charge in [0, 0.05) is 23.9 Å². The van der Waals surface area contributed by atoms with Crippen molar-refractivity contribution < 1.29 is 0 Å². The van der Waals surface area contributed by atoms with Gasteiger partial charge in [-0.25, -0.2) is 4.98 Å². The second-order valence-corrected chi connectivity index (χ2v) is 5.95. The molecule has 1 aliphatic rings. The fourth-order valence-corrected chi connectivity index (χ4v) is 3.34. The zero-order valence-corrected chi connectivity index (χ0v) is 12.9. The van der Waals surface area contributed by atoms with Crippen molar-refractivity contribution in [2.45, 2.75) is 26.2 Å². The predicted octanol–water partition coefficient (Wildman–Crippen LogP) is 5.02. The molecular formula is C20H20N2. The summed E-state index contributed by atoms with van der Waals surface area (Å²) >= 11 is 0. The summed E-state index contributed by atoms with van der Waals surface area (Å²) in [7, 11) is 0. The van der Waals surface area contributed by atoms with Gasteiger partial charge >= 0.3 is 0 Å². The van der Waals surface area contributed by atoms with E-state index in [0.717, 1.165) is 24.5 Å². The number of nitrogens with zero attached hydrogens (tertiary/aromatic N) is 1. The molecule has 0 unspecified atom stereocenters. The van der Waals surface area contributed by atoms with Crippen molar-refractivity contribution >= 4 is 16.6 Å². The van der Waals surface area contributed by atoms with Gasteiger partial charge in [-0.3, -0.25) is 0 Å². The standard InChI is InChI=1S/C20H20N2/c1-2-3-12-21-20-17-11-7-6-10-16(17)18-13-14-8-4-5-9-15(14)19(18)22-20/h4-11H,2-3,12-13H2,1H3,(H,21,22). The highest BCUT2D eigenvalue weighted by Gasteiger charge is 2.23. The zero-order chi connectivity index (χ0) is 14.9. The van der Waals surface area contributed by atoms with Crippen molar-refractivity contribution in [2.75, 3.05) is 11.9 Å². The van der Waals surface area contributed by atoms with Gasteiger partial charge in [-0.2, -0.15) is 0 Å². The quantitative estimate of drug-likeness (QED) is 0.533. The maximum atomic E-state index is 4.98. The van der Waals surface area contributed by atoms with Crippen LogP contribution in [0.15, 0.2) is 48.5 Å². The molecule has 1 heterocycles. The fourth-order valence-electron chi connectivity index (χ4n) is 3.34. The Labute approximate surface area is 131 Å². The first-order valence-corrected chi connectivity index (χ1v) is 8.12. The van der Waals surface area contributed by atoms with Crippen LogP contribution in [0, 0.1) is 0 Å². The summed E-state index contributed by atoms with van der Waals surface area (Å²) in [5, 5.41) is 6.11. The normalized spacial score (nSPS) is 12.2. The summed E-state index contributed by atoms with van der Waals surface area (Å²) in [4.78, 5) is 4.98. The number of rotatable bonds is 4. The lowest BCUT2D eigenvalue weighted by Crippen LogP contribution is -2.05. The van der Waals surface area contributed by atoms with Crippen LogP contribution in [0.3, 0.4) is 0 Å². The second-order valence-electron chi connectivity index (χ2n) is 5.95. The highest BCUT2D eigenvalue weighted by molar-refractivity contribution is 5.99. The van der Waals surface area contributed by atoms with Crippen molar-refractivity contribution in [3.8, 4) is 11.3 Å². The van der Waals surface area contributed by atoms with E-state index < -0.39 is 0 Å². The van der Waals surface area contributed by atoms with Crippen LogP contribution in [0.1, 0.15) is 30.9 Å². The van der Waals surface area contributed by atoms with Gasteiger partial charge in [0.25, 0.3) is 0 Å². The Hall–Kier alpha value is -2.35. The van der Waals surface area contributed by atoms with Gasteiger partial charge in [0.05, 0.1) is 5.69 Å². The monoisotopic (exact) mass is 288 g/mol. The first-order chi connectivity index (χ1) is 10.9. The molecule has 0 bridgehead atoms. The van der Waals surface area contributed by atoms with Gasteiger partial charge in [0.15, 0.2) is 0 Å². The van der Waals surface area contributed by atoms with E-state index in [1.807, 2.05) is 0 Å². The predicted molar refractivity (Wildman–Crippen MR) is 93.4 cm³/mol. The molecule has 0 saturated carbocycles. The van der Waals surface area contributed by atoms with Gasteiger partial charge in [0.1, 0.15) is 5.82 Å². The van der Waals surface area contributed by atoms with Crippen molar-refractivity contribution in [2.24, 2.45) is 0 Å². The van der Waals surface area contributed by atoms with Crippen LogP contribution in [-0.4, -0.2) is 11.5 Å². The van der Waals surface area contributed by atoms with Crippen molar-refractivity contribution in [3.63, 3.8) is 0 Å². The van der Waals surface area contributed by atoms with Crippen LogP contribution >= 0.6 is 0 Å². The minimum absolute atomic E-state index is 0.980. The molecule has 2 heteroatoms. The molecule has 0 atom stereocenters. The lowest BCUT2D eigenvalue weighted by Gasteiger charge is -2.12. The molecule has 4 rings (SSSR count). The molecule has 0 saturated heterocycles. The second kappa shape index (κ2) is 5.45. The van der Waals surface area contributed by atoms with Gasteiger partial charge in [-0.1, -0.05) is 61.9 Å². The lowest BCUT2D eigenvalue weighted by molar-refractivity contribution is 0.832. The first kappa shape index (κ1) is 13.3. The summed E-state index contributed by atoms with van der Waals surface area (Å²) in [5.41, 5.74) is 5.22. The Kier molecular flexibility index (Phi) is 3.30. The molecule has 0 aliphatic heterocycles. The number of unbranched alkanes of at least 4 members (excludes halogenated alkanes) is 1. The van der Waals surface area contributed by atoms with Crippen LogP contribution < -0.4 is 5.32 Å². The van der Waals surface area contributed by atoms with Crippen molar-refractivity contribution in [1.29, 1.82) is 0 Å². The molecule has 1 aliphatic carbocycles. The third-order valence-electron chi connectivity index (χ3n) is 4.48. The van der Waals surface area contributed by atoms with Gasteiger partial charge in [-0.05, 0) is 22.9 Å². The van der Waals surface area contributed by atoms with E-state index >= 15 is 0 Å². The lowest BCUT2D eigenvalue weighted by atomic mass is 10.0. The summed E-state index contributed by atoms with van der Waals surface area (Å²) in [5.74, 6) is 1.03. The van der Waals surface area contributed by atoms with Crippen LogP contribution in [0.4, 0.5) is 5.82 Å². The van der Waals surface area contributed by atoms with Gasteiger partial charge in [-0.15, -0.1) is 0 Å². The summed E-state index contributed by atoms with van der Waals surface area (Å²) in [6.45, 7) is 3.19. The van der Waals surface area contributed by atoms with Crippen LogP contribution in [0.5, 0.6) is 0 Å². The van der Waals surface area contributed by atoms with E-state index in [1.165, 1.54) is 40.3 Å². The van der Waals surface area contributed by atoms with Gasteiger partial charge in [0.2, 0.25) is 0 Å². The Morgan fingerprint density at radius 2 is 1.77 bits per heavy atom. The Bertz CT molecular complexity index is 836. The number of aromatic nitrogens is 1. The zero-order valence-electron chi connectivity index (χ0n) is 12.9. The van der Waals surface area contributed by atoms with Crippen LogP contribution in [0.25, 0.3) is 22.0 Å². The van der Waals surface area contributed by atoms with E-state index in [0.29, 0.717) is 0 Å². The summed E-state index contributed by atoms with van der Waals surface area (Å²) < 4.78 is 0. The van der Waals surface area contributed by atoms with E-state index in [1.54, 1.807) is 0 Å². The topological polar surface area (TPSA) is 24.9 Å². The maximum absolute atomic E-state index is 4.98. The molecule has 1 N–H and O–H groups in total. The molecule has 0 radical (unpaired) electrons.